The molecule has 1 atom stereocenters. The van der Waals surface area contributed by atoms with E-state index >= 15 is 0 Å². The van der Waals surface area contributed by atoms with E-state index in [0.717, 1.165) is 22.6 Å². The molecule has 25 heavy (non-hydrogen) atoms. The summed E-state index contributed by atoms with van der Waals surface area (Å²) in [5.74, 6) is 0.487. The maximum absolute atomic E-state index is 12.5. The van der Waals surface area contributed by atoms with Gasteiger partial charge < -0.3 is 5.32 Å². The van der Waals surface area contributed by atoms with E-state index in [4.69, 9.17) is 0 Å². The lowest BCUT2D eigenvalue weighted by atomic mass is 10.1. The molecule has 7 nitrogen and oxygen atoms in total. The topological polar surface area (TPSA) is 85.1 Å². The number of aromatic nitrogens is 5. The SMILES string of the molecule is CSc1nc2nc(C)c(CC(=O)NC(C)c3ccccn3)c(C)n2n1. The first-order valence-electron chi connectivity index (χ1n) is 7.96. The molecule has 3 aromatic rings. The molecular formula is C17H20N6OS. The maximum Gasteiger partial charge on any atom is 0.253 e. The predicted octanol–water partition coefficient (Wildman–Crippen LogP) is 2.28. The van der Waals surface area contributed by atoms with Crippen LogP contribution in [0.4, 0.5) is 0 Å². The number of nitrogens with zero attached hydrogens (tertiary/aromatic N) is 5. The molecule has 0 fully saturated rings. The number of carbonyl (C=O) groups excluding carboxylic acids is 1. The highest BCUT2D eigenvalue weighted by Crippen LogP contribution is 2.17. The van der Waals surface area contributed by atoms with Gasteiger partial charge in [0.2, 0.25) is 11.1 Å². The lowest BCUT2D eigenvalue weighted by molar-refractivity contribution is -0.121. The van der Waals surface area contributed by atoms with Crippen LogP contribution in [0, 0.1) is 13.8 Å². The Morgan fingerprint density at radius 2 is 2.12 bits per heavy atom. The van der Waals surface area contributed by atoms with E-state index in [9.17, 15) is 4.79 Å². The molecule has 0 saturated heterocycles. The largest absolute Gasteiger partial charge is 0.348 e. The first-order chi connectivity index (χ1) is 12.0. The summed E-state index contributed by atoms with van der Waals surface area (Å²) in [5.41, 5.74) is 3.39. The molecule has 0 aliphatic heterocycles. The lowest BCUT2D eigenvalue weighted by Gasteiger charge is -2.15. The Kier molecular flexibility index (Phi) is 4.98. The van der Waals surface area contributed by atoms with Gasteiger partial charge in [-0.3, -0.25) is 9.78 Å². The molecule has 0 aliphatic rings. The normalized spacial score (nSPS) is 12.3. The van der Waals surface area contributed by atoms with Crippen molar-refractivity contribution in [3.63, 3.8) is 0 Å². The van der Waals surface area contributed by atoms with Gasteiger partial charge in [-0.15, -0.1) is 5.10 Å². The van der Waals surface area contributed by atoms with Crippen LogP contribution in [0.5, 0.6) is 0 Å². The van der Waals surface area contributed by atoms with Gasteiger partial charge in [-0.1, -0.05) is 17.8 Å². The van der Waals surface area contributed by atoms with Crippen molar-refractivity contribution in [1.82, 2.24) is 29.9 Å². The van der Waals surface area contributed by atoms with Crippen LogP contribution >= 0.6 is 11.8 Å². The number of aryl methyl sites for hydroxylation is 2. The molecule has 1 N–H and O–H groups in total. The molecule has 0 aliphatic carbocycles. The molecule has 3 aromatic heterocycles. The number of pyridine rings is 1. The van der Waals surface area contributed by atoms with Crippen LogP contribution in [-0.4, -0.2) is 36.7 Å². The van der Waals surface area contributed by atoms with Gasteiger partial charge in [0.05, 0.1) is 18.2 Å². The minimum absolute atomic E-state index is 0.0734. The molecular weight excluding hydrogens is 336 g/mol. The average molecular weight is 356 g/mol. The molecule has 0 aromatic carbocycles. The molecule has 130 valence electrons. The fourth-order valence-corrected chi connectivity index (χ4v) is 3.03. The maximum atomic E-state index is 12.5. The molecule has 0 spiro atoms. The number of amides is 1. The van der Waals surface area contributed by atoms with Crippen LogP contribution in [0.2, 0.25) is 0 Å². The second-order valence-electron chi connectivity index (χ2n) is 5.79. The Morgan fingerprint density at radius 1 is 1.32 bits per heavy atom. The highest BCUT2D eigenvalue weighted by Gasteiger charge is 2.17. The van der Waals surface area contributed by atoms with E-state index in [1.54, 1.807) is 10.7 Å². The number of hydrogen-bond acceptors (Lipinski definition) is 6. The number of fused-ring (bicyclic) bond motifs is 1. The van der Waals surface area contributed by atoms with Gasteiger partial charge >= 0.3 is 0 Å². The Labute approximate surface area is 150 Å². The Balaban J connectivity index is 1.81. The van der Waals surface area contributed by atoms with Crippen molar-refractivity contribution in [2.45, 2.75) is 38.4 Å². The quantitative estimate of drug-likeness (QED) is 0.706. The highest BCUT2D eigenvalue weighted by atomic mass is 32.2. The van der Waals surface area contributed by atoms with E-state index < -0.39 is 0 Å². The number of thioether (sulfide) groups is 1. The fourth-order valence-electron chi connectivity index (χ4n) is 2.69. The Morgan fingerprint density at radius 3 is 2.80 bits per heavy atom. The van der Waals surface area contributed by atoms with E-state index in [0.29, 0.717) is 10.9 Å². The van der Waals surface area contributed by atoms with Crippen LogP contribution in [-0.2, 0) is 11.2 Å². The van der Waals surface area contributed by atoms with Crippen LogP contribution < -0.4 is 5.32 Å². The minimum atomic E-state index is -0.152. The van der Waals surface area contributed by atoms with Crippen molar-refractivity contribution < 1.29 is 4.79 Å². The highest BCUT2D eigenvalue weighted by molar-refractivity contribution is 7.98. The Hall–Kier alpha value is -2.48. The summed E-state index contributed by atoms with van der Waals surface area (Å²) in [6, 6.07) is 5.51. The average Bonchev–Trinajstić information content (AvgIpc) is 3.02. The van der Waals surface area contributed by atoms with E-state index in [-0.39, 0.29) is 18.4 Å². The first-order valence-corrected chi connectivity index (χ1v) is 9.19. The van der Waals surface area contributed by atoms with Gasteiger partial charge in [-0.05, 0) is 39.2 Å². The third-order valence-corrected chi connectivity index (χ3v) is 4.60. The third kappa shape index (κ3) is 3.63. The van der Waals surface area contributed by atoms with Crippen molar-refractivity contribution in [1.29, 1.82) is 0 Å². The smallest absolute Gasteiger partial charge is 0.253 e. The van der Waals surface area contributed by atoms with Gasteiger partial charge in [-0.25, -0.2) is 9.50 Å². The summed E-state index contributed by atoms with van der Waals surface area (Å²) >= 11 is 1.47. The van der Waals surface area contributed by atoms with Gasteiger partial charge in [0, 0.05) is 23.1 Å². The second kappa shape index (κ2) is 7.18. The number of rotatable bonds is 5. The van der Waals surface area contributed by atoms with Crippen molar-refractivity contribution >= 4 is 23.4 Å². The van der Waals surface area contributed by atoms with E-state index in [1.165, 1.54) is 11.8 Å². The second-order valence-corrected chi connectivity index (χ2v) is 6.57. The Bertz CT molecular complexity index is 908. The van der Waals surface area contributed by atoms with E-state index in [2.05, 4.69) is 25.4 Å². The molecule has 0 radical (unpaired) electrons. The molecule has 3 rings (SSSR count). The van der Waals surface area contributed by atoms with Gasteiger partial charge in [-0.2, -0.15) is 4.98 Å². The van der Waals surface area contributed by atoms with Crippen LogP contribution in [0.15, 0.2) is 29.6 Å². The molecule has 0 bridgehead atoms. The number of nitrogens with one attached hydrogen (secondary N) is 1. The van der Waals surface area contributed by atoms with Gasteiger partial charge in [0.25, 0.3) is 5.78 Å². The standard InChI is InChI=1S/C17H20N6OS/c1-10-13(12(3)23-16(20-10)21-17(22-23)25-4)9-15(24)19-11(2)14-7-5-6-8-18-14/h5-8,11H,9H2,1-4H3,(H,19,24). The van der Waals surface area contributed by atoms with Crippen molar-refractivity contribution in [2.75, 3.05) is 6.26 Å². The molecule has 1 amide bonds. The molecule has 3 heterocycles. The fraction of sp³-hybridized carbons (Fsp3) is 0.353. The van der Waals surface area contributed by atoms with Crippen LogP contribution in [0.3, 0.4) is 0 Å². The van der Waals surface area contributed by atoms with Crippen molar-refractivity contribution in [3.05, 3.63) is 47.0 Å². The molecule has 8 heteroatoms. The summed E-state index contributed by atoms with van der Waals surface area (Å²) in [7, 11) is 0. The van der Waals surface area contributed by atoms with E-state index in [1.807, 2.05) is 45.2 Å². The van der Waals surface area contributed by atoms with Crippen molar-refractivity contribution in [2.24, 2.45) is 0 Å². The third-order valence-electron chi connectivity index (χ3n) is 4.06. The van der Waals surface area contributed by atoms with Gasteiger partial charge in [0.1, 0.15) is 0 Å². The number of hydrogen-bond donors (Lipinski definition) is 1. The number of carbonyl (C=O) groups is 1. The van der Waals surface area contributed by atoms with Crippen LogP contribution in [0.25, 0.3) is 5.78 Å². The zero-order valence-electron chi connectivity index (χ0n) is 14.6. The monoisotopic (exact) mass is 356 g/mol. The zero-order valence-corrected chi connectivity index (χ0v) is 15.5. The molecule has 1 unspecified atom stereocenters. The summed E-state index contributed by atoms with van der Waals surface area (Å²) < 4.78 is 1.70. The van der Waals surface area contributed by atoms with Gasteiger partial charge in [0.15, 0.2) is 0 Å². The van der Waals surface area contributed by atoms with Crippen LogP contribution in [0.1, 0.15) is 35.6 Å². The van der Waals surface area contributed by atoms with Crippen molar-refractivity contribution in [3.8, 4) is 0 Å². The first kappa shape index (κ1) is 17.3. The summed E-state index contributed by atoms with van der Waals surface area (Å²) in [4.78, 5) is 25.6. The predicted molar refractivity (Wildman–Crippen MR) is 96.5 cm³/mol. The summed E-state index contributed by atoms with van der Waals surface area (Å²) in [5, 5.41) is 8.06. The summed E-state index contributed by atoms with van der Waals surface area (Å²) in [6.45, 7) is 5.75. The molecule has 0 saturated carbocycles. The minimum Gasteiger partial charge on any atom is -0.348 e. The zero-order chi connectivity index (χ0) is 18.0. The summed E-state index contributed by atoms with van der Waals surface area (Å²) in [6.07, 6.45) is 3.88. The lowest BCUT2D eigenvalue weighted by Crippen LogP contribution is -2.29.